The van der Waals surface area contributed by atoms with Crippen LogP contribution in [-0.4, -0.2) is 31.1 Å². The van der Waals surface area contributed by atoms with Crippen molar-refractivity contribution in [2.24, 2.45) is 4.99 Å². The maximum Gasteiger partial charge on any atom is 0.191 e. The van der Waals surface area contributed by atoms with E-state index in [0.717, 1.165) is 22.9 Å². The first kappa shape index (κ1) is 20.1. The zero-order valence-electron chi connectivity index (χ0n) is 15.1. The maximum atomic E-state index is 5.71. The van der Waals surface area contributed by atoms with Crippen LogP contribution in [0.5, 0.6) is 5.75 Å². The van der Waals surface area contributed by atoms with Gasteiger partial charge in [-0.2, -0.15) is 0 Å². The molecule has 0 fully saturated rings. The van der Waals surface area contributed by atoms with Gasteiger partial charge in [-0.05, 0) is 36.6 Å². The van der Waals surface area contributed by atoms with Crippen molar-refractivity contribution in [2.75, 3.05) is 20.2 Å². The lowest BCUT2D eigenvalue weighted by Gasteiger charge is -2.12. The molecule has 3 rings (SSSR count). The van der Waals surface area contributed by atoms with E-state index >= 15 is 0 Å². The summed E-state index contributed by atoms with van der Waals surface area (Å²) >= 11 is 0. The normalized spacial score (nSPS) is 11.1. The summed E-state index contributed by atoms with van der Waals surface area (Å²) in [6.07, 6.45) is 0. The summed E-state index contributed by atoms with van der Waals surface area (Å²) in [5, 5.41) is 7.78. The van der Waals surface area contributed by atoms with E-state index in [-0.39, 0.29) is 24.0 Å². The Morgan fingerprint density at radius 3 is 2.58 bits per heavy atom. The Bertz CT molecular complexity index is 809. The maximum absolute atomic E-state index is 5.71. The second-order valence-electron chi connectivity index (χ2n) is 5.90. The average molecular weight is 464 g/mol. The predicted molar refractivity (Wildman–Crippen MR) is 119 cm³/mol. The first-order chi connectivity index (χ1) is 12.2. The first-order valence-electron chi connectivity index (χ1n) is 8.45. The van der Waals surface area contributed by atoms with Crippen LogP contribution in [0.3, 0.4) is 0 Å². The third kappa shape index (κ3) is 5.66. The summed E-state index contributed by atoms with van der Waals surface area (Å²) in [6.45, 7) is 4.01. The molecule has 26 heavy (non-hydrogen) atoms. The van der Waals surface area contributed by atoms with Gasteiger partial charge < -0.3 is 20.4 Å². The summed E-state index contributed by atoms with van der Waals surface area (Å²) in [5.74, 6) is 1.64. The van der Waals surface area contributed by atoms with Crippen LogP contribution in [0.15, 0.2) is 59.6 Å². The van der Waals surface area contributed by atoms with Crippen molar-refractivity contribution >= 4 is 40.8 Å². The highest BCUT2D eigenvalue weighted by atomic mass is 127. The van der Waals surface area contributed by atoms with Crippen LogP contribution < -0.4 is 15.4 Å². The minimum absolute atomic E-state index is 0. The molecule has 0 aliphatic rings. The van der Waals surface area contributed by atoms with Crippen molar-refractivity contribution in [3.8, 4) is 5.75 Å². The predicted octanol–water partition coefficient (Wildman–Crippen LogP) is 3.84. The van der Waals surface area contributed by atoms with Gasteiger partial charge in [0.15, 0.2) is 5.96 Å². The Kier molecular flexibility index (Phi) is 7.77. The Labute approximate surface area is 171 Å². The third-order valence-corrected chi connectivity index (χ3v) is 3.94. The van der Waals surface area contributed by atoms with Crippen LogP contribution in [0, 0.1) is 6.92 Å². The van der Waals surface area contributed by atoms with Gasteiger partial charge in [-0.1, -0.05) is 35.9 Å². The van der Waals surface area contributed by atoms with E-state index in [1.807, 2.05) is 36.4 Å². The molecule has 0 saturated heterocycles. The van der Waals surface area contributed by atoms with Crippen LogP contribution in [0.2, 0.25) is 0 Å². The molecule has 0 aliphatic heterocycles. The number of ether oxygens (including phenoxy) is 1. The molecule has 1 aromatic heterocycles. The third-order valence-electron chi connectivity index (χ3n) is 3.94. The van der Waals surface area contributed by atoms with E-state index in [1.165, 1.54) is 10.9 Å². The number of aliphatic imine (C=N–C) groups is 1. The van der Waals surface area contributed by atoms with Gasteiger partial charge in [-0.25, -0.2) is 0 Å². The van der Waals surface area contributed by atoms with Gasteiger partial charge in [0.25, 0.3) is 0 Å². The molecule has 2 aromatic carbocycles. The Balaban J connectivity index is 0.00000243. The van der Waals surface area contributed by atoms with Gasteiger partial charge >= 0.3 is 0 Å². The number of nitrogens with one attached hydrogen (secondary N) is 3. The molecule has 0 bridgehead atoms. The number of aromatic amines is 1. The summed E-state index contributed by atoms with van der Waals surface area (Å²) in [7, 11) is 1.77. The number of hydrogen-bond donors (Lipinski definition) is 3. The number of hydrogen-bond acceptors (Lipinski definition) is 2. The summed E-state index contributed by atoms with van der Waals surface area (Å²) in [6, 6.07) is 18.5. The fourth-order valence-electron chi connectivity index (χ4n) is 2.60. The SMILES string of the molecule is CN=C(NCCOc1ccc(C)cc1)NCc1cc2ccccc2[nH]1.I. The van der Waals surface area contributed by atoms with Gasteiger partial charge in [0.05, 0.1) is 13.1 Å². The molecule has 0 atom stereocenters. The Hall–Kier alpha value is -2.22. The number of guanidine groups is 1. The highest BCUT2D eigenvalue weighted by Gasteiger charge is 2.02. The fraction of sp³-hybridized carbons (Fsp3) is 0.250. The Morgan fingerprint density at radius 1 is 1.08 bits per heavy atom. The second kappa shape index (κ2) is 10.1. The van der Waals surface area contributed by atoms with Crippen molar-refractivity contribution in [3.63, 3.8) is 0 Å². The van der Waals surface area contributed by atoms with Gasteiger partial charge in [-0.15, -0.1) is 24.0 Å². The minimum Gasteiger partial charge on any atom is -0.492 e. The average Bonchev–Trinajstić information content (AvgIpc) is 3.05. The zero-order chi connectivity index (χ0) is 17.5. The molecule has 5 nitrogen and oxygen atoms in total. The standard InChI is InChI=1S/C20H24N4O.HI/c1-15-7-9-18(10-8-15)25-12-11-22-20(21-2)23-14-17-13-16-5-3-4-6-19(16)24-17;/h3-10,13,24H,11-12,14H2,1-2H3,(H2,21,22,23);1H. The number of fused-ring (bicyclic) bond motifs is 1. The largest absolute Gasteiger partial charge is 0.492 e. The van der Waals surface area contributed by atoms with Crippen molar-refractivity contribution < 1.29 is 4.74 Å². The number of aryl methyl sites for hydroxylation is 1. The lowest BCUT2D eigenvalue weighted by atomic mass is 10.2. The van der Waals surface area contributed by atoms with Crippen molar-refractivity contribution in [1.29, 1.82) is 0 Å². The molecule has 0 spiro atoms. The summed E-state index contributed by atoms with van der Waals surface area (Å²) in [5.41, 5.74) is 3.50. The highest BCUT2D eigenvalue weighted by molar-refractivity contribution is 14.0. The topological polar surface area (TPSA) is 61.4 Å². The van der Waals surface area contributed by atoms with E-state index in [0.29, 0.717) is 19.7 Å². The van der Waals surface area contributed by atoms with E-state index in [4.69, 9.17) is 4.74 Å². The van der Waals surface area contributed by atoms with E-state index in [9.17, 15) is 0 Å². The second-order valence-corrected chi connectivity index (χ2v) is 5.90. The van der Waals surface area contributed by atoms with Crippen molar-refractivity contribution in [2.45, 2.75) is 13.5 Å². The van der Waals surface area contributed by atoms with Gasteiger partial charge in [-0.3, -0.25) is 4.99 Å². The highest BCUT2D eigenvalue weighted by Crippen LogP contribution is 2.14. The van der Waals surface area contributed by atoms with E-state index < -0.39 is 0 Å². The molecule has 6 heteroatoms. The number of halogens is 1. The molecule has 0 unspecified atom stereocenters. The van der Waals surface area contributed by atoms with Crippen LogP contribution in [0.25, 0.3) is 10.9 Å². The van der Waals surface area contributed by atoms with Gasteiger partial charge in [0.1, 0.15) is 12.4 Å². The number of aromatic nitrogens is 1. The molecule has 0 amide bonds. The monoisotopic (exact) mass is 464 g/mol. The van der Waals surface area contributed by atoms with Crippen LogP contribution in [0.4, 0.5) is 0 Å². The summed E-state index contributed by atoms with van der Waals surface area (Å²) in [4.78, 5) is 7.64. The van der Waals surface area contributed by atoms with Crippen LogP contribution in [0.1, 0.15) is 11.3 Å². The number of nitrogens with zero attached hydrogens (tertiary/aromatic N) is 1. The van der Waals surface area contributed by atoms with Gasteiger partial charge in [0, 0.05) is 18.3 Å². The number of benzene rings is 2. The fourth-order valence-corrected chi connectivity index (χ4v) is 2.60. The number of H-pyrrole nitrogens is 1. The molecule has 0 saturated carbocycles. The lowest BCUT2D eigenvalue weighted by Crippen LogP contribution is -2.38. The van der Waals surface area contributed by atoms with Crippen LogP contribution >= 0.6 is 24.0 Å². The quantitative estimate of drug-likeness (QED) is 0.225. The van der Waals surface area contributed by atoms with Gasteiger partial charge in [0.2, 0.25) is 0 Å². The molecule has 0 radical (unpaired) electrons. The zero-order valence-corrected chi connectivity index (χ0v) is 17.4. The molecular formula is C20H25IN4O. The first-order valence-corrected chi connectivity index (χ1v) is 8.45. The van der Waals surface area contributed by atoms with E-state index in [2.05, 4.69) is 45.7 Å². The summed E-state index contributed by atoms with van der Waals surface area (Å²) < 4.78 is 5.71. The van der Waals surface area contributed by atoms with Crippen molar-refractivity contribution in [3.05, 3.63) is 65.9 Å². The molecule has 3 aromatic rings. The molecular weight excluding hydrogens is 439 g/mol. The molecule has 1 heterocycles. The Morgan fingerprint density at radius 2 is 1.85 bits per heavy atom. The number of para-hydroxylation sites is 1. The van der Waals surface area contributed by atoms with E-state index in [1.54, 1.807) is 7.05 Å². The number of rotatable bonds is 6. The molecule has 0 aliphatic carbocycles. The van der Waals surface area contributed by atoms with Crippen molar-refractivity contribution in [1.82, 2.24) is 15.6 Å². The smallest absolute Gasteiger partial charge is 0.191 e. The minimum atomic E-state index is 0. The molecule has 3 N–H and O–H groups in total. The van der Waals surface area contributed by atoms with Crippen LogP contribution in [-0.2, 0) is 6.54 Å². The lowest BCUT2D eigenvalue weighted by molar-refractivity contribution is 0.322. The molecule has 138 valence electrons.